The van der Waals surface area contributed by atoms with Gasteiger partial charge in [-0.1, -0.05) is 26.2 Å². The minimum absolute atomic E-state index is 0.479. The first-order chi connectivity index (χ1) is 8.81. The molecule has 1 aromatic heterocycles. The summed E-state index contributed by atoms with van der Waals surface area (Å²) in [6.45, 7) is 8.77. The zero-order valence-corrected chi connectivity index (χ0v) is 11.7. The lowest BCUT2D eigenvalue weighted by atomic mass is 10.0. The maximum Gasteiger partial charge on any atom is 0.121 e. The van der Waals surface area contributed by atoms with Gasteiger partial charge in [0, 0.05) is 26.2 Å². The van der Waals surface area contributed by atoms with Crippen LogP contribution < -0.4 is 5.32 Å². The van der Waals surface area contributed by atoms with E-state index in [2.05, 4.69) is 29.3 Å². The molecule has 2 heterocycles. The third-order valence-corrected chi connectivity index (χ3v) is 3.76. The van der Waals surface area contributed by atoms with E-state index >= 15 is 0 Å². The molecule has 0 radical (unpaired) electrons. The maximum atomic E-state index is 5.87. The van der Waals surface area contributed by atoms with Gasteiger partial charge in [0.1, 0.15) is 11.5 Å². The molecule has 1 fully saturated rings. The fourth-order valence-electron chi connectivity index (χ4n) is 2.72. The molecule has 3 heteroatoms. The van der Waals surface area contributed by atoms with Gasteiger partial charge >= 0.3 is 0 Å². The summed E-state index contributed by atoms with van der Waals surface area (Å²) < 4.78 is 5.87. The number of nitrogens with zero attached hydrogens (tertiary/aromatic N) is 1. The first-order valence-electron chi connectivity index (χ1n) is 7.32. The Morgan fingerprint density at radius 3 is 2.67 bits per heavy atom. The summed E-state index contributed by atoms with van der Waals surface area (Å²) in [6, 6.07) is 4.73. The normalized spacial score (nSPS) is 19.0. The van der Waals surface area contributed by atoms with Gasteiger partial charge in [0.05, 0.1) is 6.04 Å². The second-order valence-electron chi connectivity index (χ2n) is 5.25. The molecule has 102 valence electrons. The molecule has 0 amide bonds. The zero-order chi connectivity index (χ0) is 12.8. The van der Waals surface area contributed by atoms with Crippen molar-refractivity contribution in [1.29, 1.82) is 0 Å². The lowest BCUT2D eigenvalue weighted by Gasteiger charge is -2.34. The SMILES string of the molecule is CCCCC[C@@H](c1ccc(C)o1)N1CCNCC1. The van der Waals surface area contributed by atoms with Gasteiger partial charge in [0.15, 0.2) is 0 Å². The third kappa shape index (κ3) is 3.59. The maximum absolute atomic E-state index is 5.87. The number of hydrogen-bond acceptors (Lipinski definition) is 3. The van der Waals surface area contributed by atoms with Crippen molar-refractivity contribution in [2.75, 3.05) is 26.2 Å². The molecule has 18 heavy (non-hydrogen) atoms. The van der Waals surface area contributed by atoms with Gasteiger partial charge in [-0.3, -0.25) is 4.90 Å². The van der Waals surface area contributed by atoms with E-state index in [1.54, 1.807) is 0 Å². The van der Waals surface area contributed by atoms with Crippen LogP contribution in [0.4, 0.5) is 0 Å². The number of hydrogen-bond donors (Lipinski definition) is 1. The molecule has 0 saturated carbocycles. The van der Waals surface area contributed by atoms with Crippen molar-refractivity contribution in [3.05, 3.63) is 23.7 Å². The average molecular weight is 250 g/mol. The molecule has 3 nitrogen and oxygen atoms in total. The van der Waals surface area contributed by atoms with Crippen LogP contribution in [0, 0.1) is 6.92 Å². The van der Waals surface area contributed by atoms with Gasteiger partial charge in [-0.05, 0) is 25.5 Å². The van der Waals surface area contributed by atoms with E-state index in [9.17, 15) is 0 Å². The third-order valence-electron chi connectivity index (χ3n) is 3.76. The van der Waals surface area contributed by atoms with E-state index in [0.29, 0.717) is 6.04 Å². The van der Waals surface area contributed by atoms with Crippen molar-refractivity contribution in [3.63, 3.8) is 0 Å². The second-order valence-corrected chi connectivity index (χ2v) is 5.25. The predicted octanol–water partition coefficient (Wildman–Crippen LogP) is 3.11. The number of nitrogens with one attached hydrogen (secondary N) is 1. The van der Waals surface area contributed by atoms with Gasteiger partial charge in [0.2, 0.25) is 0 Å². The highest BCUT2D eigenvalue weighted by Crippen LogP contribution is 2.28. The fraction of sp³-hybridized carbons (Fsp3) is 0.733. The zero-order valence-electron chi connectivity index (χ0n) is 11.7. The van der Waals surface area contributed by atoms with Crippen molar-refractivity contribution < 1.29 is 4.42 Å². The van der Waals surface area contributed by atoms with Crippen molar-refractivity contribution >= 4 is 0 Å². The van der Waals surface area contributed by atoms with Gasteiger partial charge in [-0.2, -0.15) is 0 Å². The van der Waals surface area contributed by atoms with Crippen LogP contribution >= 0.6 is 0 Å². The van der Waals surface area contributed by atoms with Crippen LogP contribution in [0.15, 0.2) is 16.5 Å². The average Bonchev–Trinajstić information content (AvgIpc) is 2.82. The topological polar surface area (TPSA) is 28.4 Å². The molecule has 0 unspecified atom stereocenters. The number of aryl methyl sites for hydroxylation is 1. The Morgan fingerprint density at radius 2 is 2.06 bits per heavy atom. The molecule has 1 aliphatic rings. The first kappa shape index (κ1) is 13.6. The summed E-state index contributed by atoms with van der Waals surface area (Å²) in [5.74, 6) is 2.19. The lowest BCUT2D eigenvalue weighted by molar-refractivity contribution is 0.143. The molecule has 1 aliphatic heterocycles. The van der Waals surface area contributed by atoms with E-state index in [-0.39, 0.29) is 0 Å². The Balaban J connectivity index is 2.01. The highest BCUT2D eigenvalue weighted by atomic mass is 16.3. The summed E-state index contributed by atoms with van der Waals surface area (Å²) in [7, 11) is 0. The molecular weight excluding hydrogens is 224 g/mol. The van der Waals surface area contributed by atoms with Crippen LogP contribution in [0.1, 0.15) is 50.2 Å². The molecule has 1 aromatic rings. The number of piperazine rings is 1. The van der Waals surface area contributed by atoms with E-state index in [1.807, 2.05) is 6.92 Å². The van der Waals surface area contributed by atoms with Crippen LogP contribution in [0.3, 0.4) is 0 Å². The van der Waals surface area contributed by atoms with Gasteiger partial charge in [-0.15, -0.1) is 0 Å². The Hall–Kier alpha value is -0.800. The molecule has 1 N–H and O–H groups in total. The van der Waals surface area contributed by atoms with Gasteiger partial charge < -0.3 is 9.73 Å². The van der Waals surface area contributed by atoms with Crippen LogP contribution in [0.5, 0.6) is 0 Å². The summed E-state index contributed by atoms with van der Waals surface area (Å²) >= 11 is 0. The predicted molar refractivity (Wildman–Crippen MR) is 74.8 cm³/mol. The summed E-state index contributed by atoms with van der Waals surface area (Å²) in [4.78, 5) is 2.57. The van der Waals surface area contributed by atoms with Crippen molar-refractivity contribution in [3.8, 4) is 0 Å². The minimum atomic E-state index is 0.479. The molecule has 1 saturated heterocycles. The van der Waals surface area contributed by atoms with Gasteiger partial charge in [-0.25, -0.2) is 0 Å². The van der Waals surface area contributed by atoms with Crippen LogP contribution in [0.2, 0.25) is 0 Å². The number of unbranched alkanes of at least 4 members (excludes halogenated alkanes) is 2. The fourth-order valence-corrected chi connectivity index (χ4v) is 2.72. The van der Waals surface area contributed by atoms with E-state index in [4.69, 9.17) is 4.42 Å². The minimum Gasteiger partial charge on any atom is -0.465 e. The Kier molecular flexibility index (Phi) is 5.26. The van der Waals surface area contributed by atoms with Crippen molar-refractivity contribution in [2.45, 2.75) is 45.6 Å². The Morgan fingerprint density at radius 1 is 1.28 bits per heavy atom. The molecule has 0 aromatic carbocycles. The Bertz CT molecular complexity index is 342. The summed E-state index contributed by atoms with van der Waals surface area (Å²) in [6.07, 6.45) is 5.12. The van der Waals surface area contributed by atoms with Crippen LogP contribution in [-0.2, 0) is 0 Å². The standard InChI is InChI=1S/C15H26N2O/c1-3-4-5-6-14(15-8-7-13(2)18-15)17-11-9-16-10-12-17/h7-8,14,16H,3-6,9-12H2,1-2H3/t14-/m0/s1. The van der Waals surface area contributed by atoms with E-state index < -0.39 is 0 Å². The summed E-state index contributed by atoms with van der Waals surface area (Å²) in [5.41, 5.74) is 0. The van der Waals surface area contributed by atoms with Crippen LogP contribution in [0.25, 0.3) is 0 Å². The first-order valence-corrected chi connectivity index (χ1v) is 7.32. The molecule has 0 bridgehead atoms. The molecular formula is C15H26N2O. The number of furan rings is 1. The van der Waals surface area contributed by atoms with Crippen molar-refractivity contribution in [1.82, 2.24) is 10.2 Å². The lowest BCUT2D eigenvalue weighted by Crippen LogP contribution is -2.45. The van der Waals surface area contributed by atoms with Gasteiger partial charge in [0.25, 0.3) is 0 Å². The molecule has 2 rings (SSSR count). The summed E-state index contributed by atoms with van der Waals surface area (Å²) in [5, 5.41) is 3.42. The molecule has 0 spiro atoms. The van der Waals surface area contributed by atoms with E-state index in [1.165, 1.54) is 25.7 Å². The molecule has 0 aliphatic carbocycles. The number of rotatable bonds is 6. The molecule has 1 atom stereocenters. The monoisotopic (exact) mass is 250 g/mol. The second kappa shape index (κ2) is 6.95. The smallest absolute Gasteiger partial charge is 0.121 e. The Labute approximate surface area is 111 Å². The van der Waals surface area contributed by atoms with E-state index in [0.717, 1.165) is 37.7 Å². The quantitative estimate of drug-likeness (QED) is 0.786. The van der Waals surface area contributed by atoms with Crippen LogP contribution in [-0.4, -0.2) is 31.1 Å². The largest absolute Gasteiger partial charge is 0.465 e. The highest BCUT2D eigenvalue weighted by Gasteiger charge is 2.23. The van der Waals surface area contributed by atoms with Crippen molar-refractivity contribution in [2.24, 2.45) is 0 Å². The highest BCUT2D eigenvalue weighted by molar-refractivity contribution is 5.10.